The van der Waals surface area contributed by atoms with Crippen LogP contribution in [0.1, 0.15) is 68.7 Å². The van der Waals surface area contributed by atoms with Gasteiger partial charge in [-0.05, 0) is 22.5 Å². The minimum absolute atomic E-state index is 0. The summed E-state index contributed by atoms with van der Waals surface area (Å²) in [5.74, 6) is 0. The zero-order valence-corrected chi connectivity index (χ0v) is 19.6. The summed E-state index contributed by atoms with van der Waals surface area (Å²) in [6, 6.07) is 0. The Morgan fingerprint density at radius 2 is 1.14 bits per heavy atom. The van der Waals surface area contributed by atoms with Crippen LogP contribution >= 0.6 is 7.05 Å². The molecular weight excluding hydrogens is 368 g/mol. The van der Waals surface area contributed by atoms with Crippen LogP contribution in [0.15, 0.2) is 18.2 Å². The van der Waals surface area contributed by atoms with Crippen molar-refractivity contribution in [3.05, 3.63) is 24.3 Å². The number of hydrogen-bond donors (Lipinski definition) is 1. The molecule has 0 saturated heterocycles. The molecule has 1 nitrogen and oxygen atoms in total. The first-order valence-electron chi connectivity index (χ1n) is 7.11. The largest absolute Gasteiger partial charge is 3.00 e. The Kier molecular flexibility index (Phi) is 15.1. The van der Waals surface area contributed by atoms with E-state index in [0.29, 0.717) is 0 Å². The molecule has 0 atom stereocenters. The molecule has 22 heavy (non-hydrogen) atoms. The van der Waals surface area contributed by atoms with Crippen LogP contribution in [0.3, 0.4) is 0 Å². The molecule has 0 aromatic carbocycles. The van der Waals surface area contributed by atoms with Crippen molar-refractivity contribution in [2.45, 2.75) is 84.2 Å². The molecule has 0 spiro atoms. The van der Waals surface area contributed by atoms with E-state index >= 15 is 0 Å². The summed E-state index contributed by atoms with van der Waals surface area (Å²) in [6.07, 6.45) is 10.0. The fourth-order valence-corrected chi connectivity index (χ4v) is 9.40. The Bertz CT molecular complexity index is 344. The number of rotatable bonds is 0. The van der Waals surface area contributed by atoms with Crippen molar-refractivity contribution in [1.29, 1.82) is 5.16 Å². The summed E-state index contributed by atoms with van der Waals surface area (Å²) in [5, 5.41) is 9.29. The Morgan fingerprint density at radius 1 is 0.818 bits per heavy atom. The third kappa shape index (κ3) is 7.72. The topological polar surface area (TPSA) is 23.9 Å². The smallest absolute Gasteiger partial charge is 1.00 e. The maximum absolute atomic E-state index is 8.99. The first-order chi connectivity index (χ1) is 8.25. The van der Waals surface area contributed by atoms with E-state index in [0.717, 1.165) is 6.42 Å². The van der Waals surface area contributed by atoms with E-state index in [1.165, 1.54) is 0 Å². The molecule has 0 aromatic rings. The molecule has 1 aliphatic rings. The zero-order valence-electron chi connectivity index (χ0n) is 15.6. The average Bonchev–Trinajstić information content (AvgIpc) is 2.68. The summed E-state index contributed by atoms with van der Waals surface area (Å²) in [5.41, 5.74) is 0. The Labute approximate surface area is 166 Å². The molecule has 0 unspecified atom stereocenters. The minimum Gasteiger partial charge on any atom is -1.00 e. The second kappa shape index (κ2) is 10.8. The van der Waals surface area contributed by atoms with Gasteiger partial charge in [0, 0.05) is 0 Å². The number of allylic oxidation sites excluding steroid dienone is 4. The molecule has 0 saturated carbocycles. The van der Waals surface area contributed by atoms with Gasteiger partial charge in [-0.2, -0.15) is 6.08 Å². The predicted molar refractivity (Wildman–Crippen MR) is 90.5 cm³/mol. The maximum atomic E-state index is 8.99. The van der Waals surface area contributed by atoms with E-state index in [9.17, 15) is 0 Å². The number of hydrogen-bond acceptors (Lipinski definition) is 1. The molecule has 0 aliphatic heterocycles. The minimum atomic E-state index is -1.77. The molecule has 0 heterocycles. The monoisotopic (exact) mass is 400 g/mol. The van der Waals surface area contributed by atoms with E-state index in [-0.39, 0.29) is 62.0 Å². The molecule has 129 valence electrons. The summed E-state index contributed by atoms with van der Waals surface area (Å²) >= 11 is 0. The van der Waals surface area contributed by atoms with Crippen LogP contribution in [0.2, 0.25) is 0 Å². The van der Waals surface area contributed by atoms with Crippen LogP contribution in [0.5, 0.6) is 0 Å². The normalized spacial score (nSPS) is 14.0. The third-order valence-electron chi connectivity index (χ3n) is 3.60. The molecule has 5 heteroatoms. The number of nitrogens with one attached hydrogen (secondary N) is 1. The van der Waals surface area contributed by atoms with E-state index < -0.39 is 7.05 Å². The van der Waals surface area contributed by atoms with Crippen LogP contribution in [0.25, 0.3) is 0 Å². The van der Waals surface area contributed by atoms with Crippen LogP contribution in [0, 0.1) is 11.2 Å². The second-order valence-corrected chi connectivity index (χ2v) is 13.6. The molecule has 1 rings (SSSR count). The SMILES string of the molecule is CC(C)(C)P(=N)(C(C)(C)C)C(C)(C)C.[C-]1=CC=CC1.[Cl-].[Cl-].[Ti+3]. The van der Waals surface area contributed by atoms with Gasteiger partial charge in [0.2, 0.25) is 0 Å². The molecule has 1 radical (unpaired) electrons. The van der Waals surface area contributed by atoms with Gasteiger partial charge >= 0.3 is 21.7 Å². The average molecular weight is 401 g/mol. The van der Waals surface area contributed by atoms with Crippen molar-refractivity contribution >= 4 is 7.05 Å². The summed E-state index contributed by atoms with van der Waals surface area (Å²) in [4.78, 5) is 0. The zero-order chi connectivity index (χ0) is 15.5. The van der Waals surface area contributed by atoms with Gasteiger partial charge in [-0.1, -0.05) is 62.3 Å². The van der Waals surface area contributed by atoms with Crippen molar-refractivity contribution in [3.63, 3.8) is 0 Å². The maximum Gasteiger partial charge on any atom is 3.00 e. The van der Waals surface area contributed by atoms with Crippen LogP contribution in [-0.4, -0.2) is 15.5 Å². The predicted octanol–water partition coefficient (Wildman–Crippen LogP) is 0.473. The standard InChI is InChI=1S/C12H28NP.C5H5.2ClH.Ti/c1-10(2,3)14(13,11(4,5)6)12(7,8)9;1-2-4-5-3-1;;;/h13H,1-9H3;1-3H,4H2;2*1H;/q;-1;;;+3/p-2. The molecule has 1 N–H and O–H groups in total. The van der Waals surface area contributed by atoms with Gasteiger partial charge in [-0.15, -0.1) is 6.42 Å². The van der Waals surface area contributed by atoms with E-state index in [1.54, 1.807) is 0 Å². The first-order valence-corrected chi connectivity index (χ1v) is 8.90. The second-order valence-electron chi connectivity index (χ2n) is 8.19. The Morgan fingerprint density at radius 3 is 1.18 bits per heavy atom. The van der Waals surface area contributed by atoms with Crippen molar-refractivity contribution in [3.8, 4) is 0 Å². The van der Waals surface area contributed by atoms with Gasteiger partial charge in [-0.25, -0.2) is 12.2 Å². The van der Waals surface area contributed by atoms with Gasteiger partial charge in [0.1, 0.15) is 0 Å². The van der Waals surface area contributed by atoms with Gasteiger partial charge in [0.15, 0.2) is 0 Å². The van der Waals surface area contributed by atoms with Crippen LogP contribution in [-0.2, 0) is 21.7 Å². The van der Waals surface area contributed by atoms with E-state index in [4.69, 9.17) is 5.16 Å². The Balaban J connectivity index is -0.000000173. The molecule has 0 aromatic heterocycles. The fourth-order valence-electron chi connectivity index (χ4n) is 3.36. The fraction of sp³-hybridized carbons (Fsp3) is 0.765. The van der Waals surface area contributed by atoms with E-state index in [1.807, 2.05) is 12.2 Å². The van der Waals surface area contributed by atoms with Crippen molar-refractivity contribution in [2.75, 3.05) is 0 Å². The van der Waals surface area contributed by atoms with E-state index in [2.05, 4.69) is 74.5 Å². The molecule has 0 bridgehead atoms. The Hall–Kier alpha value is 1.00. The van der Waals surface area contributed by atoms with Gasteiger partial charge in [0.05, 0.1) is 0 Å². The molecule has 0 amide bonds. The third-order valence-corrected chi connectivity index (χ3v) is 9.64. The van der Waals surface area contributed by atoms with Crippen LogP contribution < -0.4 is 24.8 Å². The van der Waals surface area contributed by atoms with Crippen molar-refractivity contribution in [1.82, 2.24) is 0 Å². The summed E-state index contributed by atoms with van der Waals surface area (Å²) in [6.45, 7) is 20.0. The molecule has 1 aliphatic carbocycles. The van der Waals surface area contributed by atoms with Crippen LogP contribution in [0.4, 0.5) is 0 Å². The van der Waals surface area contributed by atoms with Crippen molar-refractivity contribution < 1.29 is 46.5 Å². The van der Waals surface area contributed by atoms with Crippen molar-refractivity contribution in [2.24, 2.45) is 0 Å². The van der Waals surface area contributed by atoms with Gasteiger partial charge in [0.25, 0.3) is 0 Å². The quantitative estimate of drug-likeness (QED) is 0.347. The van der Waals surface area contributed by atoms with Gasteiger partial charge < -0.3 is 30.0 Å². The molecule has 0 fully saturated rings. The molecular formula is C17H33Cl2NPTi. The summed E-state index contributed by atoms with van der Waals surface area (Å²) in [7, 11) is -1.77. The van der Waals surface area contributed by atoms with Gasteiger partial charge in [-0.3, -0.25) is 6.08 Å². The first kappa shape index (κ1) is 30.8. The number of halogens is 2. The summed E-state index contributed by atoms with van der Waals surface area (Å²) < 4.78 is 0.